The number of nitro groups is 1. The number of nitrogens with zero attached hydrogens (tertiary/aromatic N) is 3. The lowest BCUT2D eigenvalue weighted by molar-refractivity contribution is -0.384. The molecule has 7 nitrogen and oxygen atoms in total. The second-order valence-electron chi connectivity index (χ2n) is 3.83. The third-order valence-corrected chi connectivity index (χ3v) is 2.43. The Hall–Kier alpha value is -2.80. The van der Waals surface area contributed by atoms with Crippen molar-refractivity contribution in [2.75, 3.05) is 12.6 Å². The van der Waals surface area contributed by atoms with E-state index in [1.807, 2.05) is 0 Å². The Labute approximate surface area is 115 Å². The third kappa shape index (κ3) is 3.59. The summed E-state index contributed by atoms with van der Waals surface area (Å²) < 4.78 is 0. The molecule has 102 valence electrons. The van der Waals surface area contributed by atoms with Crippen molar-refractivity contribution in [1.29, 1.82) is 0 Å². The summed E-state index contributed by atoms with van der Waals surface area (Å²) >= 11 is 0. The third-order valence-electron chi connectivity index (χ3n) is 2.43. The molecular formula is C13H12N4O3. The van der Waals surface area contributed by atoms with E-state index >= 15 is 0 Å². The van der Waals surface area contributed by atoms with Gasteiger partial charge in [-0.05, 0) is 36.4 Å². The van der Waals surface area contributed by atoms with Crippen molar-refractivity contribution in [3.63, 3.8) is 0 Å². The van der Waals surface area contributed by atoms with Crippen LogP contribution in [0, 0.1) is 10.1 Å². The highest BCUT2D eigenvalue weighted by molar-refractivity contribution is 5.50. The first-order valence-electron chi connectivity index (χ1n) is 5.74. The van der Waals surface area contributed by atoms with E-state index in [4.69, 9.17) is 4.84 Å². The molecule has 0 aliphatic carbocycles. The van der Waals surface area contributed by atoms with Gasteiger partial charge in [0.15, 0.2) is 0 Å². The van der Waals surface area contributed by atoms with Crippen LogP contribution >= 0.6 is 0 Å². The van der Waals surface area contributed by atoms with E-state index < -0.39 is 4.92 Å². The second kappa shape index (κ2) is 6.39. The van der Waals surface area contributed by atoms with E-state index in [0.29, 0.717) is 11.4 Å². The van der Waals surface area contributed by atoms with Crippen LogP contribution in [0.3, 0.4) is 0 Å². The van der Waals surface area contributed by atoms with Crippen LogP contribution in [0.25, 0.3) is 0 Å². The van der Waals surface area contributed by atoms with Crippen molar-refractivity contribution < 1.29 is 9.76 Å². The number of nitrogens with one attached hydrogen (secondary N) is 1. The first-order chi connectivity index (χ1) is 9.69. The van der Waals surface area contributed by atoms with Crippen LogP contribution in [-0.2, 0) is 4.84 Å². The molecule has 2 aromatic rings. The van der Waals surface area contributed by atoms with E-state index in [1.54, 1.807) is 36.4 Å². The topological polar surface area (TPSA) is 89.1 Å². The average molecular weight is 272 g/mol. The smallest absolute Gasteiger partial charge is 0.269 e. The quantitative estimate of drug-likeness (QED) is 0.506. The highest BCUT2D eigenvalue weighted by Crippen LogP contribution is 2.22. The first kappa shape index (κ1) is 13.6. The fourth-order valence-corrected chi connectivity index (χ4v) is 1.47. The maximum atomic E-state index is 10.5. The largest absolute Gasteiger partial charge is 0.279 e. The molecule has 0 amide bonds. The summed E-state index contributed by atoms with van der Waals surface area (Å²) in [5, 5.41) is 18.6. The van der Waals surface area contributed by atoms with Crippen LogP contribution in [0.15, 0.2) is 58.8 Å². The van der Waals surface area contributed by atoms with Gasteiger partial charge in [0.2, 0.25) is 0 Å². The SMILES string of the molecule is CONc1ccc(N=Nc2ccc([N+](=O)[O-])cc2)cc1. The second-order valence-corrected chi connectivity index (χ2v) is 3.83. The molecule has 0 aliphatic heterocycles. The van der Waals surface area contributed by atoms with Gasteiger partial charge in [0.25, 0.3) is 5.69 Å². The van der Waals surface area contributed by atoms with Gasteiger partial charge in [-0.2, -0.15) is 10.2 Å². The molecule has 7 heteroatoms. The van der Waals surface area contributed by atoms with Gasteiger partial charge >= 0.3 is 0 Å². The molecule has 0 aliphatic rings. The molecule has 0 aromatic heterocycles. The van der Waals surface area contributed by atoms with E-state index in [1.165, 1.54) is 19.2 Å². The lowest BCUT2D eigenvalue weighted by Crippen LogP contribution is -1.93. The summed E-state index contributed by atoms with van der Waals surface area (Å²) in [5.41, 5.74) is 4.75. The maximum Gasteiger partial charge on any atom is 0.269 e. The van der Waals surface area contributed by atoms with Crippen LogP contribution in [-0.4, -0.2) is 12.0 Å². The molecule has 0 radical (unpaired) electrons. The lowest BCUT2D eigenvalue weighted by atomic mass is 10.3. The summed E-state index contributed by atoms with van der Waals surface area (Å²) in [6, 6.07) is 13.0. The first-order valence-corrected chi connectivity index (χ1v) is 5.74. The number of anilines is 1. The molecule has 2 rings (SSSR count). The van der Waals surface area contributed by atoms with Gasteiger partial charge in [-0.15, -0.1) is 0 Å². The molecule has 0 saturated carbocycles. The van der Waals surface area contributed by atoms with E-state index in [9.17, 15) is 10.1 Å². The van der Waals surface area contributed by atoms with E-state index in [0.717, 1.165) is 5.69 Å². The van der Waals surface area contributed by atoms with Crippen LogP contribution in [0.2, 0.25) is 0 Å². The summed E-state index contributed by atoms with van der Waals surface area (Å²) in [4.78, 5) is 14.8. The molecular weight excluding hydrogens is 260 g/mol. The summed E-state index contributed by atoms with van der Waals surface area (Å²) in [6.07, 6.45) is 0. The zero-order valence-corrected chi connectivity index (χ0v) is 10.7. The molecule has 0 unspecified atom stereocenters. The molecule has 0 fully saturated rings. The number of hydrogen-bond acceptors (Lipinski definition) is 6. The van der Waals surface area contributed by atoms with Crippen molar-refractivity contribution in [3.05, 3.63) is 58.6 Å². The van der Waals surface area contributed by atoms with Crippen LogP contribution in [0.1, 0.15) is 0 Å². The zero-order valence-electron chi connectivity index (χ0n) is 10.7. The van der Waals surface area contributed by atoms with Crippen molar-refractivity contribution in [3.8, 4) is 0 Å². The minimum atomic E-state index is -0.456. The Morgan fingerprint density at radius 2 is 1.50 bits per heavy atom. The fraction of sp³-hybridized carbons (Fsp3) is 0.0769. The predicted octanol–water partition coefficient (Wildman–Crippen LogP) is 3.98. The summed E-state index contributed by atoms with van der Waals surface area (Å²) in [6.45, 7) is 0. The van der Waals surface area contributed by atoms with Crippen molar-refractivity contribution in [1.82, 2.24) is 0 Å². The van der Waals surface area contributed by atoms with Gasteiger partial charge in [-0.1, -0.05) is 0 Å². The number of hydrogen-bond donors (Lipinski definition) is 1. The Morgan fingerprint density at radius 3 is 1.95 bits per heavy atom. The Kier molecular flexibility index (Phi) is 4.35. The van der Waals surface area contributed by atoms with Crippen LogP contribution < -0.4 is 5.48 Å². The number of non-ortho nitro benzene ring substituents is 1. The van der Waals surface area contributed by atoms with Gasteiger partial charge in [-0.3, -0.25) is 20.4 Å². The molecule has 2 aromatic carbocycles. The summed E-state index contributed by atoms with van der Waals surface area (Å²) in [5.74, 6) is 0. The number of benzene rings is 2. The number of rotatable bonds is 5. The molecule has 1 N–H and O–H groups in total. The monoisotopic (exact) mass is 272 g/mol. The molecule has 0 spiro atoms. The van der Waals surface area contributed by atoms with Crippen molar-refractivity contribution in [2.45, 2.75) is 0 Å². The van der Waals surface area contributed by atoms with E-state index in [-0.39, 0.29) is 5.69 Å². The molecule has 20 heavy (non-hydrogen) atoms. The van der Waals surface area contributed by atoms with Crippen molar-refractivity contribution >= 4 is 22.7 Å². The van der Waals surface area contributed by atoms with Gasteiger partial charge in [0, 0.05) is 12.1 Å². The highest BCUT2D eigenvalue weighted by atomic mass is 16.6. The minimum absolute atomic E-state index is 0.0268. The highest BCUT2D eigenvalue weighted by Gasteiger charge is 2.02. The molecule has 0 heterocycles. The van der Waals surface area contributed by atoms with Crippen molar-refractivity contribution in [2.24, 2.45) is 10.2 Å². The Bertz CT molecular complexity index is 609. The molecule has 0 saturated heterocycles. The van der Waals surface area contributed by atoms with Crippen LogP contribution in [0.5, 0.6) is 0 Å². The average Bonchev–Trinajstić information content (AvgIpc) is 2.47. The van der Waals surface area contributed by atoms with Gasteiger partial charge < -0.3 is 0 Å². The van der Waals surface area contributed by atoms with Crippen LogP contribution in [0.4, 0.5) is 22.7 Å². The lowest BCUT2D eigenvalue weighted by Gasteiger charge is -2.01. The fourth-order valence-electron chi connectivity index (χ4n) is 1.47. The predicted molar refractivity (Wildman–Crippen MR) is 74.3 cm³/mol. The Balaban J connectivity index is 2.06. The van der Waals surface area contributed by atoms with Gasteiger partial charge in [0.1, 0.15) is 0 Å². The Morgan fingerprint density at radius 1 is 1.00 bits per heavy atom. The normalized spacial score (nSPS) is 10.7. The van der Waals surface area contributed by atoms with Gasteiger partial charge in [0.05, 0.1) is 29.1 Å². The van der Waals surface area contributed by atoms with E-state index in [2.05, 4.69) is 15.7 Å². The summed E-state index contributed by atoms with van der Waals surface area (Å²) in [7, 11) is 1.53. The molecule has 0 atom stereocenters. The zero-order chi connectivity index (χ0) is 14.4. The standard InChI is InChI=1S/C13H12N4O3/c1-20-16-12-4-2-10(3-5-12)14-15-11-6-8-13(9-7-11)17(18)19/h2-9,16H,1H3. The maximum absolute atomic E-state index is 10.5. The number of azo groups is 1. The minimum Gasteiger partial charge on any atom is -0.279 e. The number of nitro benzene ring substituents is 1. The van der Waals surface area contributed by atoms with Gasteiger partial charge in [-0.25, -0.2) is 0 Å². The molecule has 0 bridgehead atoms.